The fourth-order valence-corrected chi connectivity index (χ4v) is 2.37. The van der Waals surface area contributed by atoms with Gasteiger partial charge in [-0.05, 0) is 44.7 Å². The predicted octanol–water partition coefficient (Wildman–Crippen LogP) is 4.90. The van der Waals surface area contributed by atoms with Crippen molar-refractivity contribution in [2.45, 2.75) is 59.6 Å². The molecule has 1 N–H and O–H groups in total. The molecule has 0 aliphatic carbocycles. The van der Waals surface area contributed by atoms with Gasteiger partial charge in [-0.1, -0.05) is 38.5 Å². The van der Waals surface area contributed by atoms with Crippen molar-refractivity contribution in [2.75, 3.05) is 18.9 Å². The molecule has 0 saturated carbocycles. The number of carbonyl (C=O) groups excluding carboxylic acids is 1. The lowest BCUT2D eigenvalue weighted by Gasteiger charge is -2.25. The largest absolute Gasteiger partial charge is 0.444 e. The Balaban J connectivity index is 2.67. The molecule has 0 aliphatic heterocycles. The maximum Gasteiger partial charge on any atom is 0.410 e. The van der Waals surface area contributed by atoms with Crippen molar-refractivity contribution in [1.29, 1.82) is 0 Å². The molecular formula is C19H32N2O2. The Morgan fingerprint density at radius 3 is 2.57 bits per heavy atom. The number of ether oxygens (including phenoxy) is 1. The molecule has 4 heteroatoms. The van der Waals surface area contributed by atoms with Gasteiger partial charge in [0.05, 0.1) is 6.54 Å². The lowest BCUT2D eigenvalue weighted by atomic mass is 10.1. The van der Waals surface area contributed by atoms with Crippen LogP contribution in [0, 0.1) is 5.92 Å². The van der Waals surface area contributed by atoms with Gasteiger partial charge in [-0.2, -0.15) is 0 Å². The van der Waals surface area contributed by atoms with Crippen molar-refractivity contribution in [3.8, 4) is 0 Å². The highest BCUT2D eigenvalue weighted by Crippen LogP contribution is 2.19. The summed E-state index contributed by atoms with van der Waals surface area (Å²) >= 11 is 0. The number of carbonyl (C=O) groups is 1. The van der Waals surface area contributed by atoms with E-state index in [1.165, 1.54) is 12.8 Å². The summed E-state index contributed by atoms with van der Waals surface area (Å²) in [6.45, 7) is 11.6. The van der Waals surface area contributed by atoms with Crippen LogP contribution in [-0.2, 0) is 11.3 Å². The zero-order chi connectivity index (χ0) is 17.5. The van der Waals surface area contributed by atoms with Crippen LogP contribution < -0.4 is 5.32 Å². The van der Waals surface area contributed by atoms with E-state index in [2.05, 4.69) is 25.2 Å². The molecule has 1 aromatic carbocycles. The number of nitrogens with one attached hydrogen (secondary N) is 1. The fraction of sp³-hybridized carbons (Fsp3) is 0.632. The number of rotatable bonds is 7. The van der Waals surface area contributed by atoms with Gasteiger partial charge in [0.2, 0.25) is 0 Å². The van der Waals surface area contributed by atoms with Gasteiger partial charge in [0, 0.05) is 19.3 Å². The smallest absolute Gasteiger partial charge is 0.410 e. The van der Waals surface area contributed by atoms with Crippen LogP contribution in [-0.4, -0.2) is 30.2 Å². The molecule has 0 radical (unpaired) electrons. The zero-order valence-corrected chi connectivity index (χ0v) is 15.5. The highest BCUT2D eigenvalue weighted by Gasteiger charge is 2.20. The highest BCUT2D eigenvalue weighted by atomic mass is 16.6. The van der Waals surface area contributed by atoms with E-state index >= 15 is 0 Å². The standard InChI is InChI=1S/C19H32N2O2/c1-7-10-15(2)13-20-17-12-9-8-11-16(17)14-21(6)18(22)23-19(3,4)5/h8-9,11-12,15,20H,7,10,13-14H2,1-6H3. The second-order valence-electron chi connectivity index (χ2n) is 7.27. The Morgan fingerprint density at radius 1 is 1.30 bits per heavy atom. The van der Waals surface area contributed by atoms with Crippen LogP contribution >= 0.6 is 0 Å². The Kier molecular flexibility index (Phi) is 7.40. The van der Waals surface area contributed by atoms with Crippen LogP contribution in [0.3, 0.4) is 0 Å². The minimum Gasteiger partial charge on any atom is -0.444 e. The fourth-order valence-electron chi connectivity index (χ4n) is 2.37. The molecule has 0 spiro atoms. The van der Waals surface area contributed by atoms with Crippen molar-refractivity contribution >= 4 is 11.8 Å². The van der Waals surface area contributed by atoms with Gasteiger partial charge in [0.15, 0.2) is 0 Å². The number of hydrogen-bond acceptors (Lipinski definition) is 3. The Bertz CT molecular complexity index is 494. The molecule has 0 aliphatic rings. The summed E-state index contributed by atoms with van der Waals surface area (Å²) in [6.07, 6.45) is 2.12. The molecule has 0 aromatic heterocycles. The molecule has 0 heterocycles. The summed E-state index contributed by atoms with van der Waals surface area (Å²) in [7, 11) is 1.77. The third-order valence-corrected chi connectivity index (χ3v) is 3.55. The van der Waals surface area contributed by atoms with Crippen molar-refractivity contribution in [2.24, 2.45) is 5.92 Å². The van der Waals surface area contributed by atoms with E-state index < -0.39 is 5.60 Å². The minimum atomic E-state index is -0.474. The van der Waals surface area contributed by atoms with Gasteiger partial charge in [0.1, 0.15) is 5.60 Å². The number of hydrogen-bond donors (Lipinski definition) is 1. The molecule has 0 saturated heterocycles. The third-order valence-electron chi connectivity index (χ3n) is 3.55. The van der Waals surface area contributed by atoms with Crippen LogP contribution in [0.4, 0.5) is 10.5 Å². The van der Waals surface area contributed by atoms with E-state index in [0.717, 1.165) is 17.8 Å². The average molecular weight is 320 g/mol. The maximum atomic E-state index is 12.1. The quantitative estimate of drug-likeness (QED) is 0.777. The molecule has 130 valence electrons. The maximum absolute atomic E-state index is 12.1. The van der Waals surface area contributed by atoms with Crippen LogP contribution in [0.25, 0.3) is 0 Å². The minimum absolute atomic E-state index is 0.299. The van der Waals surface area contributed by atoms with Crippen molar-refractivity contribution in [3.05, 3.63) is 29.8 Å². The van der Waals surface area contributed by atoms with Crippen LogP contribution in [0.5, 0.6) is 0 Å². The summed E-state index contributed by atoms with van der Waals surface area (Å²) in [4.78, 5) is 13.7. The van der Waals surface area contributed by atoms with Gasteiger partial charge in [-0.15, -0.1) is 0 Å². The second-order valence-corrected chi connectivity index (χ2v) is 7.27. The van der Waals surface area contributed by atoms with Gasteiger partial charge in [0.25, 0.3) is 0 Å². The second kappa shape index (κ2) is 8.80. The van der Waals surface area contributed by atoms with Crippen molar-refractivity contribution in [3.63, 3.8) is 0 Å². The summed E-state index contributed by atoms with van der Waals surface area (Å²) < 4.78 is 5.41. The molecule has 1 rings (SSSR count). The molecule has 1 amide bonds. The molecule has 1 atom stereocenters. The summed E-state index contributed by atoms with van der Waals surface area (Å²) in [5.74, 6) is 0.636. The molecule has 1 aromatic rings. The molecular weight excluding hydrogens is 288 g/mol. The summed E-state index contributed by atoms with van der Waals surface area (Å²) in [5, 5.41) is 3.51. The topological polar surface area (TPSA) is 41.6 Å². The average Bonchev–Trinajstić information content (AvgIpc) is 2.45. The van der Waals surface area contributed by atoms with E-state index in [9.17, 15) is 4.79 Å². The lowest BCUT2D eigenvalue weighted by molar-refractivity contribution is 0.0285. The third kappa shape index (κ3) is 7.40. The first-order valence-electron chi connectivity index (χ1n) is 8.48. The number of amides is 1. The van der Waals surface area contributed by atoms with Crippen LogP contribution in [0.1, 0.15) is 53.0 Å². The summed E-state index contributed by atoms with van der Waals surface area (Å²) in [5.41, 5.74) is 1.72. The Labute approximate surface area is 141 Å². The number of benzene rings is 1. The van der Waals surface area contributed by atoms with Gasteiger partial charge >= 0.3 is 6.09 Å². The number of anilines is 1. The lowest BCUT2D eigenvalue weighted by Crippen LogP contribution is -2.34. The van der Waals surface area contributed by atoms with E-state index in [0.29, 0.717) is 12.5 Å². The zero-order valence-electron chi connectivity index (χ0n) is 15.5. The molecule has 4 nitrogen and oxygen atoms in total. The number of nitrogens with zero attached hydrogens (tertiary/aromatic N) is 1. The van der Waals surface area contributed by atoms with E-state index in [-0.39, 0.29) is 6.09 Å². The monoisotopic (exact) mass is 320 g/mol. The van der Waals surface area contributed by atoms with E-state index in [1.54, 1.807) is 11.9 Å². The van der Waals surface area contributed by atoms with Crippen LogP contribution in [0.2, 0.25) is 0 Å². The van der Waals surface area contributed by atoms with Gasteiger partial charge < -0.3 is 15.0 Å². The van der Waals surface area contributed by atoms with Crippen molar-refractivity contribution in [1.82, 2.24) is 4.90 Å². The predicted molar refractivity (Wildman–Crippen MR) is 96.7 cm³/mol. The van der Waals surface area contributed by atoms with E-state index in [4.69, 9.17) is 4.74 Å². The van der Waals surface area contributed by atoms with Gasteiger partial charge in [-0.25, -0.2) is 4.79 Å². The van der Waals surface area contributed by atoms with Crippen LogP contribution in [0.15, 0.2) is 24.3 Å². The Hall–Kier alpha value is -1.71. The first-order chi connectivity index (χ1) is 10.7. The van der Waals surface area contributed by atoms with Gasteiger partial charge in [-0.3, -0.25) is 0 Å². The molecule has 0 fully saturated rings. The SMILES string of the molecule is CCCC(C)CNc1ccccc1CN(C)C(=O)OC(C)(C)C. The number of para-hydroxylation sites is 1. The first kappa shape index (κ1) is 19.3. The highest BCUT2D eigenvalue weighted by molar-refractivity contribution is 5.68. The normalized spacial score (nSPS) is 12.6. The summed E-state index contributed by atoms with van der Waals surface area (Å²) in [6, 6.07) is 8.13. The molecule has 0 bridgehead atoms. The first-order valence-corrected chi connectivity index (χ1v) is 8.48. The van der Waals surface area contributed by atoms with E-state index in [1.807, 2.05) is 39.0 Å². The van der Waals surface area contributed by atoms with Crippen molar-refractivity contribution < 1.29 is 9.53 Å². The molecule has 23 heavy (non-hydrogen) atoms. The molecule has 1 unspecified atom stereocenters. The Morgan fingerprint density at radius 2 is 1.96 bits per heavy atom.